The van der Waals surface area contributed by atoms with Gasteiger partial charge in [0.15, 0.2) is 6.39 Å². The Bertz CT molecular complexity index is 3580. The van der Waals surface area contributed by atoms with Gasteiger partial charge in [-0.2, -0.15) is 129 Å². The SMILES string of the molecule is Cn1cnc(-c2[c-]cccc2)c1.[Ir].[Ir].[Ir].[Ir].[c-]1ccccc1-c1cocn1.[c-]1ccccc1-c1cscn1.[c-]1ccccc1-c1nccs1.[c-]1ccccc1-n1cccn1.[c-]1ccccc1-n1cccn1.[c-]1ccccc1-n1cccn1.[c-]1ccccc1-n1cccn1. The zero-order chi connectivity index (χ0) is 61.0. The first kappa shape index (κ1) is 74.6. The second kappa shape index (κ2) is 43.6. The summed E-state index contributed by atoms with van der Waals surface area (Å²) in [7, 11) is 1.96. The smallest absolute Gasteiger partial charge is 0.170 e. The molecule has 16 aromatic rings. The topological polar surface area (TPSA) is 141 Å². The quantitative estimate of drug-likeness (QED) is 0.136. The summed E-state index contributed by atoms with van der Waals surface area (Å²) in [5.41, 5.74) is 12.6. The van der Waals surface area contributed by atoms with E-state index in [0.717, 1.165) is 67.1 Å². The van der Waals surface area contributed by atoms with Gasteiger partial charge in [-0.05, 0) is 64.3 Å². The summed E-state index contributed by atoms with van der Waals surface area (Å²) >= 11 is 3.24. The van der Waals surface area contributed by atoms with Crippen LogP contribution in [-0.4, -0.2) is 63.6 Å². The maximum atomic E-state index is 4.84. The number of hydrogen-bond donors (Lipinski definition) is 0. The number of hydrogen-bond acceptors (Lipinski definition) is 11. The molecule has 4 radical (unpaired) electrons. The van der Waals surface area contributed by atoms with Crippen molar-refractivity contribution >= 4 is 22.7 Å². The van der Waals surface area contributed by atoms with E-state index >= 15 is 0 Å². The number of nitrogens with zero attached hydrogens (tertiary/aromatic N) is 13. The number of benzene rings is 8. The average molecular weight is 1960 g/mol. The fourth-order valence-corrected chi connectivity index (χ4v) is 8.71. The molecule has 20 heteroatoms. The van der Waals surface area contributed by atoms with Crippen LogP contribution < -0.4 is 0 Å². The monoisotopic (exact) mass is 1970 g/mol. The Morgan fingerprint density at radius 2 is 0.742 bits per heavy atom. The Morgan fingerprint density at radius 1 is 0.366 bits per heavy atom. The van der Waals surface area contributed by atoms with Crippen LogP contribution in [0.1, 0.15) is 0 Å². The van der Waals surface area contributed by atoms with Crippen molar-refractivity contribution in [3.63, 3.8) is 0 Å². The third kappa shape index (κ3) is 25.8. The van der Waals surface area contributed by atoms with Gasteiger partial charge in [0.1, 0.15) is 0 Å². The van der Waals surface area contributed by atoms with Gasteiger partial charge in [-0.15, -0.1) is 179 Å². The molecule has 0 atom stereocenters. The van der Waals surface area contributed by atoms with Crippen LogP contribution in [0.5, 0.6) is 0 Å². The van der Waals surface area contributed by atoms with Crippen molar-refractivity contribution in [3.8, 4) is 67.1 Å². The minimum Gasteiger partial charge on any atom is -0.462 e. The molecule has 0 saturated carbocycles. The third-order valence-corrected chi connectivity index (χ3v) is 13.1. The van der Waals surface area contributed by atoms with E-state index in [1.807, 2.05) is 277 Å². The summed E-state index contributed by atoms with van der Waals surface area (Å²) < 4.78 is 13.9. The maximum Gasteiger partial charge on any atom is 0.170 e. The number of oxazole rings is 1. The molecule has 0 fully saturated rings. The first-order valence-electron chi connectivity index (χ1n) is 27.5. The average Bonchev–Trinajstić information content (AvgIpc) is 2.79. The molecular formula is C73H55Ir4N13OS2-8. The Kier molecular flexibility index (Phi) is 35.0. The predicted molar refractivity (Wildman–Crippen MR) is 351 cm³/mol. The van der Waals surface area contributed by atoms with Gasteiger partial charge in [0.2, 0.25) is 0 Å². The van der Waals surface area contributed by atoms with E-state index in [0.29, 0.717) is 0 Å². The molecule has 14 nitrogen and oxygen atoms in total. The van der Waals surface area contributed by atoms with Crippen molar-refractivity contribution < 1.29 is 84.8 Å². The molecule has 0 aliphatic heterocycles. The van der Waals surface area contributed by atoms with E-state index in [1.54, 1.807) is 85.0 Å². The molecule has 0 N–H and O–H groups in total. The van der Waals surface area contributed by atoms with Crippen molar-refractivity contribution in [2.24, 2.45) is 7.05 Å². The van der Waals surface area contributed by atoms with Crippen LogP contribution in [0.2, 0.25) is 0 Å². The minimum atomic E-state index is 0. The molecule has 8 aromatic carbocycles. The Morgan fingerprint density at radius 3 is 1.02 bits per heavy atom. The van der Waals surface area contributed by atoms with Crippen molar-refractivity contribution in [1.29, 1.82) is 0 Å². The molecule has 8 aromatic heterocycles. The molecule has 93 heavy (non-hydrogen) atoms. The molecular weight excluding hydrogens is 1910 g/mol. The second-order valence-corrected chi connectivity index (χ2v) is 19.5. The summed E-state index contributed by atoms with van der Waals surface area (Å²) in [5, 5.41) is 21.3. The number of para-hydroxylation sites is 4. The van der Waals surface area contributed by atoms with Crippen molar-refractivity contribution in [2.45, 2.75) is 0 Å². The Labute approximate surface area is 603 Å². The molecule has 0 bridgehead atoms. The molecule has 0 aliphatic rings. The van der Waals surface area contributed by atoms with E-state index in [2.05, 4.69) is 88.9 Å². The van der Waals surface area contributed by atoms with Crippen LogP contribution in [0.3, 0.4) is 0 Å². The van der Waals surface area contributed by atoms with Crippen molar-refractivity contribution in [2.75, 3.05) is 0 Å². The summed E-state index contributed by atoms with van der Waals surface area (Å²) in [6.45, 7) is 0. The van der Waals surface area contributed by atoms with Gasteiger partial charge in [-0.25, -0.2) is 0 Å². The van der Waals surface area contributed by atoms with E-state index in [4.69, 9.17) is 4.42 Å². The van der Waals surface area contributed by atoms with Gasteiger partial charge >= 0.3 is 0 Å². The van der Waals surface area contributed by atoms with Crippen LogP contribution in [-0.2, 0) is 87.5 Å². The molecule has 0 aliphatic carbocycles. The first-order valence-corrected chi connectivity index (χ1v) is 29.3. The summed E-state index contributed by atoms with van der Waals surface area (Å²) in [5.74, 6) is 0. The number of thiazole rings is 2. The maximum absolute atomic E-state index is 4.84. The minimum absolute atomic E-state index is 0. The zero-order valence-electron chi connectivity index (χ0n) is 49.4. The second-order valence-electron chi connectivity index (χ2n) is 17.9. The molecule has 16 rings (SSSR count). The molecule has 0 saturated heterocycles. The molecule has 474 valence electrons. The fraction of sp³-hybridized carbons (Fsp3) is 0.0137. The largest absolute Gasteiger partial charge is 0.462 e. The van der Waals surface area contributed by atoms with Crippen LogP contribution in [0.4, 0.5) is 0 Å². The predicted octanol–water partition coefficient (Wildman–Crippen LogP) is 15.9. The van der Waals surface area contributed by atoms with Crippen LogP contribution in [0.25, 0.3) is 67.1 Å². The zero-order valence-corrected chi connectivity index (χ0v) is 60.6. The van der Waals surface area contributed by atoms with E-state index < -0.39 is 0 Å². The summed E-state index contributed by atoms with van der Waals surface area (Å²) in [4.78, 5) is 16.6. The Balaban J connectivity index is 0.000000192. The van der Waals surface area contributed by atoms with Crippen LogP contribution in [0, 0.1) is 48.5 Å². The van der Waals surface area contributed by atoms with E-state index in [1.165, 1.54) is 6.39 Å². The van der Waals surface area contributed by atoms with E-state index in [9.17, 15) is 0 Å². The van der Waals surface area contributed by atoms with Gasteiger partial charge < -0.3 is 8.98 Å². The van der Waals surface area contributed by atoms with Gasteiger partial charge in [-0.1, -0.05) is 0 Å². The van der Waals surface area contributed by atoms with Gasteiger partial charge in [0, 0.05) is 165 Å². The molecule has 0 amide bonds. The van der Waals surface area contributed by atoms with Gasteiger partial charge in [0.05, 0.1) is 18.1 Å². The van der Waals surface area contributed by atoms with Gasteiger partial charge in [-0.3, -0.25) is 38.7 Å². The molecule has 8 heterocycles. The van der Waals surface area contributed by atoms with Crippen LogP contribution >= 0.6 is 22.7 Å². The fourth-order valence-electron chi connectivity index (χ4n) is 7.53. The van der Waals surface area contributed by atoms with Gasteiger partial charge in [0.25, 0.3) is 0 Å². The first-order chi connectivity index (χ1) is 44.1. The summed E-state index contributed by atoms with van der Waals surface area (Å²) in [6.07, 6.45) is 23.2. The number of aromatic nitrogens is 13. The normalized spacial score (nSPS) is 9.43. The number of imidazole rings is 1. The number of aryl methyl sites for hydroxylation is 1. The van der Waals surface area contributed by atoms with E-state index in [-0.39, 0.29) is 80.4 Å². The standard InChI is InChI=1S/C10H9N2.4C9H7N2.C9H6NO.2C9H6NS.4Ir/c1-12-7-10(11-8-12)9-5-3-2-4-6-9;4*1-2-5-9(6-3-1)11-8-4-7-10-11;2*1-2-4-8(5-3-1)9-6-11-7-10-9;1-2-4-8(5-3-1)9-10-6-7-11-9;;;;/h2-5,7-8H,1H3;4*1-5,7-8H;3*1-4,6-7H;;;;/q8*-1;;;;. The number of rotatable bonds is 8. The van der Waals surface area contributed by atoms with Crippen molar-refractivity contribution in [3.05, 3.63) is 364 Å². The molecule has 0 unspecified atom stereocenters. The Hall–Kier alpha value is -9.12. The molecule has 0 spiro atoms. The summed E-state index contributed by atoms with van der Waals surface area (Å²) in [6, 6.07) is 94.4. The third-order valence-electron chi connectivity index (χ3n) is 11.7. The van der Waals surface area contributed by atoms with Crippen molar-refractivity contribution in [1.82, 2.24) is 63.6 Å². The van der Waals surface area contributed by atoms with Crippen LogP contribution in [0.15, 0.2) is 320 Å².